The van der Waals surface area contributed by atoms with E-state index in [1.165, 1.54) is 0 Å². The van der Waals surface area contributed by atoms with Gasteiger partial charge in [-0.05, 0) is 73.2 Å². The van der Waals surface area contributed by atoms with E-state index in [1.54, 1.807) is 0 Å². The summed E-state index contributed by atoms with van der Waals surface area (Å²) in [6.45, 7) is 4.70. The van der Waals surface area contributed by atoms with Crippen LogP contribution in [-0.2, 0) is 17.8 Å². The summed E-state index contributed by atoms with van der Waals surface area (Å²) in [5.74, 6) is 0.183. The van der Waals surface area contributed by atoms with Crippen LogP contribution in [0.15, 0.2) is 72.8 Å². The molecule has 1 saturated carbocycles. The van der Waals surface area contributed by atoms with E-state index in [4.69, 9.17) is 11.5 Å². The van der Waals surface area contributed by atoms with Gasteiger partial charge < -0.3 is 26.2 Å². The number of anilines is 2. The number of amides is 1. The van der Waals surface area contributed by atoms with E-state index in [0.717, 1.165) is 85.5 Å². The largest absolute Gasteiger partial charge is 0.397 e. The van der Waals surface area contributed by atoms with Gasteiger partial charge in [-0.3, -0.25) is 4.79 Å². The SMILES string of the molecule is CN1CCN(c2ccc(-c3cccc(CN(C(=O)Cc4ccccc4)C4CCC(N)CC4)c3)cc2N)CC1. The third-order valence-corrected chi connectivity index (χ3v) is 8.19. The molecule has 2 aliphatic rings. The number of rotatable bonds is 7. The molecule has 5 rings (SSSR count). The van der Waals surface area contributed by atoms with Crippen molar-refractivity contribution < 1.29 is 4.79 Å². The molecule has 4 N–H and O–H groups in total. The molecule has 0 radical (unpaired) electrons. The van der Waals surface area contributed by atoms with E-state index in [9.17, 15) is 4.79 Å². The molecule has 3 aromatic rings. The third kappa shape index (κ3) is 6.37. The van der Waals surface area contributed by atoms with Gasteiger partial charge in [0.1, 0.15) is 0 Å². The normalized spacial score (nSPS) is 20.3. The van der Waals surface area contributed by atoms with Crippen molar-refractivity contribution in [2.75, 3.05) is 43.9 Å². The highest BCUT2D eigenvalue weighted by atomic mass is 16.2. The second kappa shape index (κ2) is 12.0. The predicted octanol–water partition coefficient (Wildman–Crippen LogP) is 4.53. The molecular formula is C32H41N5O. The lowest BCUT2D eigenvalue weighted by atomic mass is 9.90. The summed E-state index contributed by atoms with van der Waals surface area (Å²) < 4.78 is 0. The first kappa shape index (κ1) is 26.3. The Hall–Kier alpha value is -3.35. The van der Waals surface area contributed by atoms with E-state index in [1.807, 2.05) is 30.3 Å². The number of piperazine rings is 1. The Kier molecular flexibility index (Phi) is 8.30. The second-order valence-corrected chi connectivity index (χ2v) is 11.0. The molecular weight excluding hydrogens is 470 g/mol. The van der Waals surface area contributed by atoms with Gasteiger partial charge in [0.15, 0.2) is 0 Å². The van der Waals surface area contributed by atoms with Gasteiger partial charge in [-0.1, -0.05) is 54.6 Å². The standard InChI is InChI=1S/C32H41N5O/c1-35-16-18-36(19-17-35)31-15-10-27(22-30(31)34)26-9-5-8-25(20-26)23-37(29-13-11-28(33)12-14-29)32(38)21-24-6-3-2-4-7-24/h2-10,15,20,22,28-29H,11-14,16-19,21,23,33-34H2,1H3. The fourth-order valence-corrected chi connectivity index (χ4v) is 5.82. The molecule has 6 heteroatoms. The van der Waals surface area contributed by atoms with Crippen LogP contribution in [0.4, 0.5) is 11.4 Å². The van der Waals surface area contributed by atoms with E-state index in [0.29, 0.717) is 13.0 Å². The Bertz CT molecular complexity index is 1210. The van der Waals surface area contributed by atoms with E-state index in [-0.39, 0.29) is 18.0 Å². The van der Waals surface area contributed by atoms with E-state index < -0.39 is 0 Å². The van der Waals surface area contributed by atoms with Gasteiger partial charge in [0, 0.05) is 44.8 Å². The van der Waals surface area contributed by atoms with Crippen LogP contribution in [0.25, 0.3) is 11.1 Å². The zero-order valence-electron chi connectivity index (χ0n) is 22.6. The highest BCUT2D eigenvalue weighted by molar-refractivity contribution is 5.80. The Labute approximate surface area is 227 Å². The first-order valence-electron chi connectivity index (χ1n) is 14.0. The predicted molar refractivity (Wildman–Crippen MR) is 157 cm³/mol. The maximum atomic E-state index is 13.6. The number of nitrogen functional groups attached to an aromatic ring is 1. The van der Waals surface area contributed by atoms with Gasteiger partial charge >= 0.3 is 0 Å². The quantitative estimate of drug-likeness (QED) is 0.456. The van der Waals surface area contributed by atoms with Gasteiger partial charge in [-0.2, -0.15) is 0 Å². The first-order valence-corrected chi connectivity index (χ1v) is 14.0. The zero-order chi connectivity index (χ0) is 26.5. The summed E-state index contributed by atoms with van der Waals surface area (Å²) in [4.78, 5) is 20.4. The Balaban J connectivity index is 1.34. The number of hydrogen-bond acceptors (Lipinski definition) is 5. The number of likely N-dealkylation sites (N-methyl/N-ethyl adjacent to an activating group) is 1. The van der Waals surface area contributed by atoms with Gasteiger partial charge in [-0.25, -0.2) is 0 Å². The van der Waals surface area contributed by atoms with Crippen LogP contribution >= 0.6 is 0 Å². The average molecular weight is 512 g/mol. The monoisotopic (exact) mass is 511 g/mol. The summed E-state index contributed by atoms with van der Waals surface area (Å²) in [6.07, 6.45) is 4.29. The molecule has 1 amide bonds. The number of benzene rings is 3. The molecule has 38 heavy (non-hydrogen) atoms. The van der Waals surface area contributed by atoms with Gasteiger partial charge in [-0.15, -0.1) is 0 Å². The lowest BCUT2D eigenvalue weighted by molar-refractivity contribution is -0.134. The molecule has 3 aromatic carbocycles. The average Bonchev–Trinajstić information content (AvgIpc) is 2.93. The molecule has 6 nitrogen and oxygen atoms in total. The summed E-state index contributed by atoms with van der Waals surface area (Å²) in [7, 11) is 2.16. The lowest BCUT2D eigenvalue weighted by Crippen LogP contribution is -2.44. The van der Waals surface area contributed by atoms with E-state index >= 15 is 0 Å². The molecule has 1 saturated heterocycles. The first-order chi connectivity index (χ1) is 18.5. The summed E-state index contributed by atoms with van der Waals surface area (Å²) in [6, 6.07) is 25.5. The van der Waals surface area contributed by atoms with Crippen LogP contribution in [0.1, 0.15) is 36.8 Å². The van der Waals surface area contributed by atoms with Crippen molar-refractivity contribution >= 4 is 17.3 Å². The van der Waals surface area contributed by atoms with Crippen molar-refractivity contribution in [3.05, 3.63) is 83.9 Å². The molecule has 1 aliphatic carbocycles. The minimum atomic E-state index is 0.183. The minimum absolute atomic E-state index is 0.183. The lowest BCUT2D eigenvalue weighted by Gasteiger charge is -2.36. The molecule has 0 unspecified atom stereocenters. The molecule has 2 fully saturated rings. The molecule has 1 aliphatic heterocycles. The molecule has 0 bridgehead atoms. The number of carbonyl (C=O) groups is 1. The molecule has 0 atom stereocenters. The van der Waals surface area contributed by atoms with Crippen LogP contribution in [0.3, 0.4) is 0 Å². The number of nitrogens with two attached hydrogens (primary N) is 2. The molecule has 0 spiro atoms. The van der Waals surface area contributed by atoms with Crippen LogP contribution in [0, 0.1) is 0 Å². The molecule has 1 heterocycles. The zero-order valence-corrected chi connectivity index (χ0v) is 22.6. The van der Waals surface area contributed by atoms with Crippen LogP contribution in [-0.4, -0.2) is 61.0 Å². The Morgan fingerprint density at radius 3 is 2.24 bits per heavy atom. The number of carbonyl (C=O) groups excluding carboxylic acids is 1. The van der Waals surface area contributed by atoms with Crippen molar-refractivity contribution in [2.45, 2.75) is 50.7 Å². The maximum absolute atomic E-state index is 13.6. The van der Waals surface area contributed by atoms with E-state index in [2.05, 4.69) is 64.2 Å². The maximum Gasteiger partial charge on any atom is 0.227 e. The van der Waals surface area contributed by atoms with Crippen molar-refractivity contribution in [3.8, 4) is 11.1 Å². The van der Waals surface area contributed by atoms with Crippen molar-refractivity contribution in [1.82, 2.24) is 9.80 Å². The van der Waals surface area contributed by atoms with Gasteiger partial charge in [0.2, 0.25) is 5.91 Å². The minimum Gasteiger partial charge on any atom is -0.397 e. The third-order valence-electron chi connectivity index (χ3n) is 8.19. The van der Waals surface area contributed by atoms with Crippen molar-refractivity contribution in [3.63, 3.8) is 0 Å². The highest BCUT2D eigenvalue weighted by Gasteiger charge is 2.28. The summed E-state index contributed by atoms with van der Waals surface area (Å²) in [5, 5.41) is 0. The Morgan fingerprint density at radius 1 is 0.842 bits per heavy atom. The van der Waals surface area contributed by atoms with Gasteiger partial charge in [0.05, 0.1) is 17.8 Å². The molecule has 200 valence electrons. The van der Waals surface area contributed by atoms with Crippen LogP contribution < -0.4 is 16.4 Å². The second-order valence-electron chi connectivity index (χ2n) is 11.0. The number of hydrogen-bond donors (Lipinski definition) is 2. The topological polar surface area (TPSA) is 78.8 Å². The fraction of sp³-hybridized carbons (Fsp3) is 0.406. The van der Waals surface area contributed by atoms with Crippen LogP contribution in [0.5, 0.6) is 0 Å². The fourth-order valence-electron chi connectivity index (χ4n) is 5.82. The van der Waals surface area contributed by atoms with Crippen LogP contribution in [0.2, 0.25) is 0 Å². The van der Waals surface area contributed by atoms with Crippen molar-refractivity contribution in [2.24, 2.45) is 5.73 Å². The number of nitrogens with zero attached hydrogens (tertiary/aromatic N) is 3. The van der Waals surface area contributed by atoms with Gasteiger partial charge in [0.25, 0.3) is 0 Å². The van der Waals surface area contributed by atoms with Crippen molar-refractivity contribution in [1.29, 1.82) is 0 Å². The highest BCUT2D eigenvalue weighted by Crippen LogP contribution is 2.31. The smallest absolute Gasteiger partial charge is 0.227 e. The summed E-state index contributed by atoms with van der Waals surface area (Å²) >= 11 is 0. The molecule has 0 aromatic heterocycles. The Morgan fingerprint density at radius 2 is 1.53 bits per heavy atom. The summed E-state index contributed by atoms with van der Waals surface area (Å²) in [5.41, 5.74) is 19.1.